The van der Waals surface area contributed by atoms with E-state index in [0.29, 0.717) is 42.0 Å². The minimum atomic E-state index is -0.852. The summed E-state index contributed by atoms with van der Waals surface area (Å²) in [6.07, 6.45) is 6.80. The van der Waals surface area contributed by atoms with Gasteiger partial charge < -0.3 is 10.1 Å². The van der Waals surface area contributed by atoms with Gasteiger partial charge in [0.25, 0.3) is 0 Å². The summed E-state index contributed by atoms with van der Waals surface area (Å²) in [5.41, 5.74) is 1.03. The molecule has 0 spiro atoms. The fourth-order valence-corrected chi connectivity index (χ4v) is 4.45. The number of benzene rings is 2. The molecule has 1 aliphatic carbocycles. The number of nitrogens with zero attached hydrogens (tertiary/aromatic N) is 1. The number of pyridine rings is 1. The number of carbonyl (C=O) groups excluding carboxylic acids is 1. The van der Waals surface area contributed by atoms with Gasteiger partial charge in [0, 0.05) is 17.1 Å². The van der Waals surface area contributed by atoms with Gasteiger partial charge in [-0.1, -0.05) is 44.4 Å². The van der Waals surface area contributed by atoms with Gasteiger partial charge in [-0.05, 0) is 49.6 Å². The second-order valence-electron chi connectivity index (χ2n) is 7.94. The molecule has 30 heavy (non-hydrogen) atoms. The summed E-state index contributed by atoms with van der Waals surface area (Å²) in [6, 6.07) is 14.1. The zero-order valence-corrected chi connectivity index (χ0v) is 17.3. The molecule has 1 aromatic heterocycles. The van der Waals surface area contributed by atoms with Gasteiger partial charge in [0.1, 0.15) is 17.1 Å². The van der Waals surface area contributed by atoms with Crippen molar-refractivity contribution in [3.63, 3.8) is 0 Å². The van der Waals surface area contributed by atoms with Gasteiger partial charge in [-0.3, -0.25) is 9.78 Å². The first-order valence-corrected chi connectivity index (χ1v) is 10.7. The van der Waals surface area contributed by atoms with Crippen molar-refractivity contribution < 1.29 is 13.9 Å². The van der Waals surface area contributed by atoms with Crippen LogP contribution >= 0.6 is 0 Å². The first-order valence-electron chi connectivity index (χ1n) is 10.7. The fourth-order valence-electron chi connectivity index (χ4n) is 4.45. The number of anilines is 1. The molecule has 156 valence electrons. The number of rotatable bonds is 6. The number of amides is 1. The van der Waals surface area contributed by atoms with Crippen LogP contribution in [-0.4, -0.2) is 17.5 Å². The molecule has 2 aromatic carbocycles. The van der Waals surface area contributed by atoms with Crippen LogP contribution in [0.4, 0.5) is 10.1 Å². The molecule has 4 rings (SSSR count). The number of hydrogen-bond donors (Lipinski definition) is 1. The Bertz CT molecular complexity index is 1040. The molecular weight excluding hydrogens is 379 g/mol. The van der Waals surface area contributed by atoms with Crippen molar-refractivity contribution >= 4 is 22.5 Å². The van der Waals surface area contributed by atoms with Gasteiger partial charge in [0.2, 0.25) is 5.91 Å². The summed E-state index contributed by atoms with van der Waals surface area (Å²) < 4.78 is 20.6. The topological polar surface area (TPSA) is 51.2 Å². The lowest BCUT2D eigenvalue weighted by atomic mass is 9.68. The number of carbonyl (C=O) groups is 1. The lowest BCUT2D eigenvalue weighted by Gasteiger charge is -2.36. The Balaban J connectivity index is 1.72. The average molecular weight is 407 g/mol. The first-order chi connectivity index (χ1) is 14.7. The van der Waals surface area contributed by atoms with Crippen molar-refractivity contribution in [3.05, 3.63) is 66.1 Å². The third-order valence-electron chi connectivity index (χ3n) is 5.97. The van der Waals surface area contributed by atoms with Crippen LogP contribution in [0, 0.1) is 5.82 Å². The first kappa shape index (κ1) is 20.3. The second-order valence-corrected chi connectivity index (χ2v) is 7.94. The van der Waals surface area contributed by atoms with E-state index in [-0.39, 0.29) is 11.7 Å². The van der Waals surface area contributed by atoms with Crippen LogP contribution in [0.25, 0.3) is 10.9 Å². The highest BCUT2D eigenvalue weighted by molar-refractivity contribution is 6.06. The highest BCUT2D eigenvalue weighted by Gasteiger charge is 2.43. The minimum Gasteiger partial charge on any atom is -0.491 e. The monoisotopic (exact) mass is 406 g/mol. The Kier molecular flexibility index (Phi) is 5.98. The number of fused-ring (bicyclic) bond motifs is 1. The summed E-state index contributed by atoms with van der Waals surface area (Å²) in [6.45, 7) is 2.66. The summed E-state index contributed by atoms with van der Waals surface area (Å²) in [5, 5.41) is 3.92. The van der Waals surface area contributed by atoms with E-state index in [1.54, 1.807) is 24.4 Å². The van der Waals surface area contributed by atoms with E-state index in [0.717, 1.165) is 31.1 Å². The molecule has 0 unspecified atom stereocenters. The van der Waals surface area contributed by atoms with E-state index in [2.05, 4.69) is 17.2 Å². The van der Waals surface area contributed by atoms with Crippen LogP contribution in [0.5, 0.6) is 5.75 Å². The summed E-state index contributed by atoms with van der Waals surface area (Å²) in [4.78, 5) is 18.1. The van der Waals surface area contributed by atoms with Crippen LogP contribution in [0.15, 0.2) is 54.7 Å². The molecule has 0 bridgehead atoms. The Morgan fingerprint density at radius 1 is 1.10 bits per heavy atom. The van der Waals surface area contributed by atoms with E-state index >= 15 is 0 Å². The molecular formula is C25H27FN2O2. The molecule has 0 saturated heterocycles. The van der Waals surface area contributed by atoms with Gasteiger partial charge in [-0.25, -0.2) is 4.39 Å². The maximum absolute atomic E-state index is 14.7. The van der Waals surface area contributed by atoms with E-state index < -0.39 is 5.41 Å². The van der Waals surface area contributed by atoms with Gasteiger partial charge >= 0.3 is 0 Å². The van der Waals surface area contributed by atoms with Crippen molar-refractivity contribution in [3.8, 4) is 5.75 Å². The van der Waals surface area contributed by atoms with Crippen molar-refractivity contribution in [2.75, 3.05) is 11.9 Å². The molecule has 1 fully saturated rings. The molecule has 0 aliphatic heterocycles. The summed E-state index contributed by atoms with van der Waals surface area (Å²) in [7, 11) is 0. The zero-order valence-electron chi connectivity index (χ0n) is 17.3. The third kappa shape index (κ3) is 3.76. The lowest BCUT2D eigenvalue weighted by Crippen LogP contribution is -2.42. The standard InChI is InChI=1S/C25H27FN2O2/c1-2-17-30-22-13-12-21(18-9-8-16-27-23(18)22)28-24(29)25(14-6-3-7-15-25)19-10-4-5-11-20(19)26/h4-5,8-13,16H,2-3,6-7,14-15,17H2,1H3,(H,28,29). The highest BCUT2D eigenvalue weighted by atomic mass is 19.1. The molecule has 1 saturated carbocycles. The van der Waals surface area contributed by atoms with E-state index in [4.69, 9.17) is 4.74 Å². The van der Waals surface area contributed by atoms with E-state index in [9.17, 15) is 9.18 Å². The molecule has 0 atom stereocenters. The SMILES string of the molecule is CCCOc1ccc(NC(=O)C2(c3ccccc3F)CCCCC2)c2cccnc12. The summed E-state index contributed by atoms with van der Waals surface area (Å²) in [5.74, 6) is 0.232. The van der Waals surface area contributed by atoms with E-state index in [1.807, 2.05) is 24.3 Å². The fraction of sp³-hybridized carbons (Fsp3) is 0.360. The Hall–Kier alpha value is -2.95. The van der Waals surface area contributed by atoms with Gasteiger partial charge in [-0.15, -0.1) is 0 Å². The number of nitrogens with one attached hydrogen (secondary N) is 1. The Morgan fingerprint density at radius 2 is 1.90 bits per heavy atom. The predicted molar refractivity (Wildman–Crippen MR) is 117 cm³/mol. The zero-order chi connectivity index (χ0) is 21.0. The largest absolute Gasteiger partial charge is 0.491 e. The number of ether oxygens (including phenoxy) is 1. The average Bonchev–Trinajstić information content (AvgIpc) is 2.79. The maximum atomic E-state index is 14.7. The third-order valence-corrected chi connectivity index (χ3v) is 5.97. The second kappa shape index (κ2) is 8.82. The smallest absolute Gasteiger partial charge is 0.235 e. The Morgan fingerprint density at radius 3 is 2.67 bits per heavy atom. The lowest BCUT2D eigenvalue weighted by molar-refractivity contribution is -0.122. The van der Waals surface area contributed by atoms with Crippen LogP contribution in [0.1, 0.15) is 51.0 Å². The molecule has 1 heterocycles. The van der Waals surface area contributed by atoms with Crippen LogP contribution in [0.3, 0.4) is 0 Å². The molecule has 0 radical (unpaired) electrons. The molecule has 1 aliphatic rings. The van der Waals surface area contributed by atoms with Gasteiger partial charge in [0.15, 0.2) is 0 Å². The van der Waals surface area contributed by atoms with Crippen molar-refractivity contribution in [2.45, 2.75) is 50.9 Å². The molecule has 4 nitrogen and oxygen atoms in total. The molecule has 1 N–H and O–H groups in total. The number of aromatic nitrogens is 1. The summed E-state index contributed by atoms with van der Waals surface area (Å²) >= 11 is 0. The van der Waals surface area contributed by atoms with Crippen LogP contribution in [-0.2, 0) is 10.2 Å². The maximum Gasteiger partial charge on any atom is 0.235 e. The quantitative estimate of drug-likeness (QED) is 0.546. The van der Waals surface area contributed by atoms with Crippen molar-refractivity contribution in [2.24, 2.45) is 0 Å². The normalized spacial score (nSPS) is 15.7. The predicted octanol–water partition coefficient (Wildman–Crippen LogP) is 6.00. The van der Waals surface area contributed by atoms with Gasteiger partial charge in [-0.2, -0.15) is 0 Å². The van der Waals surface area contributed by atoms with Crippen molar-refractivity contribution in [1.29, 1.82) is 0 Å². The minimum absolute atomic E-state index is 0.153. The van der Waals surface area contributed by atoms with E-state index in [1.165, 1.54) is 6.07 Å². The van der Waals surface area contributed by atoms with Crippen molar-refractivity contribution in [1.82, 2.24) is 4.98 Å². The van der Waals surface area contributed by atoms with Crippen LogP contribution in [0.2, 0.25) is 0 Å². The molecule has 1 amide bonds. The number of hydrogen-bond acceptors (Lipinski definition) is 3. The highest BCUT2D eigenvalue weighted by Crippen LogP contribution is 2.42. The van der Waals surface area contributed by atoms with Crippen LogP contribution < -0.4 is 10.1 Å². The van der Waals surface area contributed by atoms with Gasteiger partial charge in [0.05, 0.1) is 17.7 Å². The number of halogens is 1. The Labute approximate surface area is 176 Å². The molecule has 3 aromatic rings. The molecule has 5 heteroatoms.